The number of hydrogen-bond acceptors (Lipinski definition) is 3. The number of fused-ring (bicyclic) bond motifs is 1. The van der Waals surface area contributed by atoms with Crippen LogP contribution in [0.15, 0.2) is 18.2 Å². The summed E-state index contributed by atoms with van der Waals surface area (Å²) in [6.45, 7) is 1.37. The van der Waals surface area contributed by atoms with Gasteiger partial charge < -0.3 is 15.4 Å². The highest BCUT2D eigenvalue weighted by atomic mass is 16.5. The van der Waals surface area contributed by atoms with Crippen LogP contribution in [-0.4, -0.2) is 26.2 Å². The van der Waals surface area contributed by atoms with Crippen LogP contribution in [0.25, 0.3) is 0 Å². The fraction of sp³-hybridized carbons (Fsp3) is 0.462. The zero-order chi connectivity index (χ0) is 12.3. The Bertz CT molecular complexity index is 418. The van der Waals surface area contributed by atoms with Crippen LogP contribution in [0.1, 0.15) is 18.4 Å². The van der Waals surface area contributed by atoms with Crippen molar-refractivity contribution in [2.45, 2.75) is 19.3 Å². The van der Waals surface area contributed by atoms with Gasteiger partial charge in [0, 0.05) is 38.1 Å². The summed E-state index contributed by atoms with van der Waals surface area (Å²) in [6.07, 6.45) is 2.25. The van der Waals surface area contributed by atoms with Crippen LogP contribution >= 0.6 is 0 Å². The summed E-state index contributed by atoms with van der Waals surface area (Å²) in [5.41, 5.74) is 8.66. The van der Waals surface area contributed by atoms with Gasteiger partial charge >= 0.3 is 0 Å². The molecular formula is C13H18N2O2. The van der Waals surface area contributed by atoms with Crippen LogP contribution in [0.5, 0.6) is 0 Å². The van der Waals surface area contributed by atoms with Crippen molar-refractivity contribution in [1.82, 2.24) is 0 Å². The minimum Gasteiger partial charge on any atom is -0.399 e. The smallest absolute Gasteiger partial charge is 0.227 e. The summed E-state index contributed by atoms with van der Waals surface area (Å²) < 4.78 is 5.02. The van der Waals surface area contributed by atoms with Gasteiger partial charge in [-0.25, -0.2) is 0 Å². The van der Waals surface area contributed by atoms with Crippen molar-refractivity contribution in [2.75, 3.05) is 30.9 Å². The number of hydrogen-bond donors (Lipinski definition) is 1. The maximum absolute atomic E-state index is 11.9. The molecule has 0 fully saturated rings. The molecule has 2 rings (SSSR count). The number of ether oxygens (including phenoxy) is 1. The Morgan fingerprint density at radius 1 is 1.41 bits per heavy atom. The van der Waals surface area contributed by atoms with E-state index >= 15 is 0 Å². The summed E-state index contributed by atoms with van der Waals surface area (Å²) in [7, 11) is 1.67. The number of carbonyl (C=O) groups excluding carboxylic acids is 1. The Hall–Kier alpha value is -1.55. The molecule has 0 atom stereocenters. The zero-order valence-electron chi connectivity index (χ0n) is 10.1. The molecule has 0 unspecified atom stereocenters. The van der Waals surface area contributed by atoms with Crippen LogP contribution in [0.2, 0.25) is 0 Å². The molecule has 0 saturated heterocycles. The molecule has 1 aliphatic heterocycles. The predicted octanol–water partition coefficient (Wildman–Crippen LogP) is 1.58. The lowest BCUT2D eigenvalue weighted by atomic mass is 10.0. The van der Waals surface area contributed by atoms with Gasteiger partial charge in [-0.2, -0.15) is 0 Å². The molecule has 0 radical (unpaired) electrons. The van der Waals surface area contributed by atoms with Crippen molar-refractivity contribution in [1.29, 1.82) is 0 Å². The quantitative estimate of drug-likeness (QED) is 0.635. The van der Waals surface area contributed by atoms with Crippen molar-refractivity contribution < 1.29 is 9.53 Å². The lowest BCUT2D eigenvalue weighted by molar-refractivity contribution is -0.118. The number of rotatable bonds is 4. The molecule has 0 bridgehead atoms. The largest absolute Gasteiger partial charge is 0.399 e. The number of benzene rings is 1. The standard InChI is InChI=1S/C13H18N2O2/c1-17-8-2-7-15-12-9-11(14)5-3-10(12)4-6-13(15)16/h3,5,9H,2,4,6-8,14H2,1H3. The second kappa shape index (κ2) is 5.19. The highest BCUT2D eigenvalue weighted by molar-refractivity contribution is 5.96. The van der Waals surface area contributed by atoms with Gasteiger partial charge in [-0.05, 0) is 30.5 Å². The number of amides is 1. The topological polar surface area (TPSA) is 55.6 Å². The first-order valence-electron chi connectivity index (χ1n) is 5.90. The Kier molecular flexibility index (Phi) is 3.64. The van der Waals surface area contributed by atoms with Crippen LogP contribution in [0, 0.1) is 0 Å². The third-order valence-corrected chi connectivity index (χ3v) is 3.04. The number of nitrogen functional groups attached to an aromatic ring is 1. The van der Waals surface area contributed by atoms with Gasteiger partial charge in [0.15, 0.2) is 0 Å². The van der Waals surface area contributed by atoms with E-state index in [-0.39, 0.29) is 5.91 Å². The van der Waals surface area contributed by atoms with Crippen molar-refractivity contribution in [3.05, 3.63) is 23.8 Å². The van der Waals surface area contributed by atoms with E-state index in [1.807, 2.05) is 23.1 Å². The Morgan fingerprint density at radius 2 is 2.24 bits per heavy atom. The molecular weight excluding hydrogens is 216 g/mol. The Morgan fingerprint density at radius 3 is 3.00 bits per heavy atom. The third-order valence-electron chi connectivity index (χ3n) is 3.04. The lowest BCUT2D eigenvalue weighted by Crippen LogP contribution is -2.36. The summed E-state index contributed by atoms with van der Waals surface area (Å²) in [5, 5.41) is 0. The first-order valence-corrected chi connectivity index (χ1v) is 5.90. The van der Waals surface area contributed by atoms with E-state index in [2.05, 4.69) is 0 Å². The zero-order valence-corrected chi connectivity index (χ0v) is 10.1. The molecule has 4 heteroatoms. The molecule has 1 aliphatic rings. The minimum atomic E-state index is 0.180. The molecule has 0 aromatic heterocycles. The molecule has 92 valence electrons. The van der Waals surface area contributed by atoms with E-state index in [9.17, 15) is 4.79 Å². The lowest BCUT2D eigenvalue weighted by Gasteiger charge is -2.29. The molecule has 17 heavy (non-hydrogen) atoms. The fourth-order valence-corrected chi connectivity index (χ4v) is 2.17. The molecule has 1 aromatic carbocycles. The molecule has 1 aromatic rings. The summed E-state index contributed by atoms with van der Waals surface area (Å²) in [4.78, 5) is 13.7. The van der Waals surface area contributed by atoms with Gasteiger partial charge in [0.05, 0.1) is 0 Å². The average molecular weight is 234 g/mol. The van der Waals surface area contributed by atoms with E-state index in [1.165, 1.54) is 5.56 Å². The highest BCUT2D eigenvalue weighted by Gasteiger charge is 2.23. The van der Waals surface area contributed by atoms with Gasteiger partial charge in [0.25, 0.3) is 0 Å². The van der Waals surface area contributed by atoms with Gasteiger partial charge in [0.1, 0.15) is 0 Å². The van der Waals surface area contributed by atoms with E-state index in [0.29, 0.717) is 25.3 Å². The predicted molar refractivity (Wildman–Crippen MR) is 68.0 cm³/mol. The van der Waals surface area contributed by atoms with Gasteiger partial charge in [-0.15, -0.1) is 0 Å². The molecule has 2 N–H and O–H groups in total. The van der Waals surface area contributed by atoms with Gasteiger partial charge in [-0.3, -0.25) is 4.79 Å². The third kappa shape index (κ3) is 2.58. The van der Waals surface area contributed by atoms with E-state index in [4.69, 9.17) is 10.5 Å². The minimum absolute atomic E-state index is 0.180. The maximum atomic E-state index is 11.9. The van der Waals surface area contributed by atoms with E-state index < -0.39 is 0 Å². The van der Waals surface area contributed by atoms with Crippen molar-refractivity contribution >= 4 is 17.3 Å². The van der Waals surface area contributed by atoms with Crippen molar-refractivity contribution in [3.8, 4) is 0 Å². The van der Waals surface area contributed by atoms with Crippen LogP contribution in [-0.2, 0) is 16.0 Å². The summed E-state index contributed by atoms with van der Waals surface area (Å²) in [6, 6.07) is 5.79. The normalized spacial score (nSPS) is 14.9. The molecule has 4 nitrogen and oxygen atoms in total. The average Bonchev–Trinajstić information content (AvgIpc) is 2.32. The first kappa shape index (κ1) is 11.9. The number of nitrogens with zero attached hydrogens (tertiary/aromatic N) is 1. The molecule has 1 amide bonds. The number of methoxy groups -OCH3 is 1. The number of aryl methyl sites for hydroxylation is 1. The number of nitrogens with two attached hydrogens (primary N) is 1. The van der Waals surface area contributed by atoms with Gasteiger partial charge in [0.2, 0.25) is 5.91 Å². The Balaban J connectivity index is 2.20. The maximum Gasteiger partial charge on any atom is 0.227 e. The number of anilines is 2. The molecule has 1 heterocycles. The first-order chi connectivity index (χ1) is 8.22. The van der Waals surface area contributed by atoms with E-state index in [1.54, 1.807) is 7.11 Å². The van der Waals surface area contributed by atoms with E-state index in [0.717, 1.165) is 18.5 Å². The molecule has 0 aliphatic carbocycles. The van der Waals surface area contributed by atoms with Crippen molar-refractivity contribution in [3.63, 3.8) is 0 Å². The molecule has 0 spiro atoms. The molecule has 0 saturated carbocycles. The van der Waals surface area contributed by atoms with Crippen LogP contribution < -0.4 is 10.6 Å². The monoisotopic (exact) mass is 234 g/mol. The SMILES string of the molecule is COCCCN1C(=O)CCc2ccc(N)cc21. The summed E-state index contributed by atoms with van der Waals surface area (Å²) in [5.74, 6) is 0.180. The van der Waals surface area contributed by atoms with Crippen LogP contribution in [0.3, 0.4) is 0 Å². The van der Waals surface area contributed by atoms with Crippen LogP contribution in [0.4, 0.5) is 11.4 Å². The second-order valence-corrected chi connectivity index (χ2v) is 4.28. The Labute approximate surface area is 101 Å². The summed E-state index contributed by atoms with van der Waals surface area (Å²) >= 11 is 0. The highest BCUT2D eigenvalue weighted by Crippen LogP contribution is 2.29. The fourth-order valence-electron chi connectivity index (χ4n) is 2.17. The van der Waals surface area contributed by atoms with Crippen molar-refractivity contribution in [2.24, 2.45) is 0 Å². The second-order valence-electron chi connectivity index (χ2n) is 4.28. The number of carbonyl (C=O) groups is 1. The van der Waals surface area contributed by atoms with Gasteiger partial charge in [-0.1, -0.05) is 6.07 Å².